The summed E-state index contributed by atoms with van der Waals surface area (Å²) in [7, 11) is -2.06. The summed E-state index contributed by atoms with van der Waals surface area (Å²) < 4.78 is 31.6. The van der Waals surface area contributed by atoms with Crippen molar-refractivity contribution in [3.05, 3.63) is 65.9 Å². The molecule has 152 valence electrons. The van der Waals surface area contributed by atoms with E-state index in [9.17, 15) is 18.0 Å². The lowest BCUT2D eigenvalue weighted by molar-refractivity contribution is -0.121. The number of carbonyl (C=O) groups is 2. The zero-order valence-corrected chi connectivity index (χ0v) is 16.8. The number of fused-ring (bicyclic) bond motifs is 1. The van der Waals surface area contributed by atoms with Crippen LogP contribution < -0.4 is 10.0 Å². The first kappa shape index (κ1) is 20.4. The summed E-state index contributed by atoms with van der Waals surface area (Å²) in [6.45, 7) is 0.264. The molecular weight excluding hydrogens is 394 g/mol. The normalized spacial score (nSPS) is 11.2. The van der Waals surface area contributed by atoms with E-state index < -0.39 is 16.0 Å². The Kier molecular flexibility index (Phi) is 5.88. The lowest BCUT2D eigenvalue weighted by Gasteiger charge is -2.09. The molecule has 0 bridgehead atoms. The zero-order valence-electron chi connectivity index (χ0n) is 16.0. The van der Waals surface area contributed by atoms with Crippen LogP contribution in [0, 0.1) is 0 Å². The summed E-state index contributed by atoms with van der Waals surface area (Å²) in [6.07, 6.45) is 2.68. The van der Waals surface area contributed by atoms with Crippen molar-refractivity contribution >= 4 is 38.5 Å². The van der Waals surface area contributed by atoms with E-state index in [0.717, 1.165) is 17.3 Å². The van der Waals surface area contributed by atoms with Crippen LogP contribution in [0.15, 0.2) is 54.7 Å². The molecule has 0 atom stereocenters. The highest BCUT2D eigenvalue weighted by Gasteiger charge is 2.16. The molecule has 0 spiro atoms. The number of aromatic nitrogens is 1. The number of amides is 1. The van der Waals surface area contributed by atoms with E-state index in [0.29, 0.717) is 16.6 Å². The highest BCUT2D eigenvalue weighted by molar-refractivity contribution is 7.92. The standard InChI is InChI=1S/C20H21N3O5S/c1-28-20(25)17-12-23(18-9-4-3-8-16(17)18)13-19(24)21-11-14-6-5-7-15(10-14)22-29(2,26)27/h3-10,12,22H,11,13H2,1-2H3,(H,21,24). The lowest BCUT2D eigenvalue weighted by Crippen LogP contribution is -2.26. The lowest BCUT2D eigenvalue weighted by atomic mass is 10.2. The van der Waals surface area contributed by atoms with E-state index in [-0.39, 0.29) is 19.0 Å². The van der Waals surface area contributed by atoms with Crippen LogP contribution in [0.5, 0.6) is 0 Å². The second-order valence-corrected chi connectivity index (χ2v) is 8.28. The van der Waals surface area contributed by atoms with Crippen LogP contribution in [0.4, 0.5) is 5.69 Å². The van der Waals surface area contributed by atoms with Gasteiger partial charge in [-0.1, -0.05) is 30.3 Å². The van der Waals surface area contributed by atoms with Gasteiger partial charge in [0.1, 0.15) is 6.54 Å². The number of methoxy groups -OCH3 is 1. The summed E-state index contributed by atoms with van der Waals surface area (Å²) >= 11 is 0. The average molecular weight is 415 g/mol. The predicted molar refractivity (Wildman–Crippen MR) is 110 cm³/mol. The number of nitrogens with zero attached hydrogens (tertiary/aromatic N) is 1. The molecule has 2 aromatic carbocycles. The van der Waals surface area contributed by atoms with Gasteiger partial charge >= 0.3 is 5.97 Å². The molecule has 0 saturated carbocycles. The van der Waals surface area contributed by atoms with Gasteiger partial charge in [-0.25, -0.2) is 13.2 Å². The number of hydrogen-bond acceptors (Lipinski definition) is 5. The van der Waals surface area contributed by atoms with Crippen molar-refractivity contribution in [1.82, 2.24) is 9.88 Å². The van der Waals surface area contributed by atoms with Gasteiger partial charge in [0.2, 0.25) is 15.9 Å². The molecule has 2 N–H and O–H groups in total. The highest BCUT2D eigenvalue weighted by atomic mass is 32.2. The Morgan fingerprint density at radius 1 is 1.10 bits per heavy atom. The molecule has 3 rings (SSSR count). The smallest absolute Gasteiger partial charge is 0.340 e. The molecular formula is C20H21N3O5S. The minimum atomic E-state index is -3.37. The molecule has 9 heteroatoms. The van der Waals surface area contributed by atoms with Crippen molar-refractivity contribution in [2.75, 3.05) is 18.1 Å². The van der Waals surface area contributed by atoms with Gasteiger partial charge in [-0.15, -0.1) is 0 Å². The SMILES string of the molecule is COC(=O)c1cn(CC(=O)NCc2cccc(NS(C)(=O)=O)c2)c2ccccc12. The maximum atomic E-state index is 12.4. The maximum absolute atomic E-state index is 12.4. The van der Waals surface area contributed by atoms with Gasteiger partial charge in [0.25, 0.3) is 0 Å². The first-order chi connectivity index (χ1) is 13.8. The van der Waals surface area contributed by atoms with E-state index in [1.807, 2.05) is 18.2 Å². The number of esters is 1. The molecule has 0 aliphatic heterocycles. The predicted octanol–water partition coefficient (Wildman–Crippen LogP) is 2.12. The van der Waals surface area contributed by atoms with Crippen LogP contribution in [-0.4, -0.2) is 38.2 Å². The van der Waals surface area contributed by atoms with Crippen molar-refractivity contribution in [1.29, 1.82) is 0 Å². The third-order valence-corrected chi connectivity index (χ3v) is 4.83. The monoisotopic (exact) mass is 415 g/mol. The fraction of sp³-hybridized carbons (Fsp3) is 0.200. The van der Waals surface area contributed by atoms with E-state index in [1.165, 1.54) is 7.11 Å². The molecule has 1 amide bonds. The number of rotatable bonds is 7. The Bertz CT molecular complexity index is 1170. The van der Waals surface area contributed by atoms with Crippen molar-refractivity contribution in [3.63, 3.8) is 0 Å². The van der Waals surface area contributed by atoms with Crippen molar-refractivity contribution in [2.45, 2.75) is 13.1 Å². The molecule has 0 radical (unpaired) electrons. The van der Waals surface area contributed by atoms with Gasteiger partial charge in [-0.3, -0.25) is 9.52 Å². The zero-order chi connectivity index (χ0) is 21.0. The van der Waals surface area contributed by atoms with Gasteiger partial charge < -0.3 is 14.6 Å². The van der Waals surface area contributed by atoms with E-state index in [2.05, 4.69) is 10.0 Å². The van der Waals surface area contributed by atoms with Gasteiger partial charge in [0.15, 0.2) is 0 Å². The summed E-state index contributed by atoms with van der Waals surface area (Å²) in [4.78, 5) is 24.4. The Morgan fingerprint density at radius 3 is 2.59 bits per heavy atom. The van der Waals surface area contributed by atoms with Crippen LogP contribution in [-0.2, 0) is 32.6 Å². The van der Waals surface area contributed by atoms with Crippen molar-refractivity contribution < 1.29 is 22.7 Å². The quantitative estimate of drug-likeness (QED) is 0.575. The number of ether oxygens (including phenoxy) is 1. The first-order valence-corrected chi connectivity index (χ1v) is 10.7. The number of para-hydroxylation sites is 1. The first-order valence-electron chi connectivity index (χ1n) is 8.76. The minimum absolute atomic E-state index is 0.0266. The summed E-state index contributed by atoms with van der Waals surface area (Å²) in [5, 5.41) is 3.52. The molecule has 1 heterocycles. The molecule has 0 aliphatic rings. The number of sulfonamides is 1. The third kappa shape index (κ3) is 5.14. The molecule has 3 aromatic rings. The number of benzene rings is 2. The Morgan fingerprint density at radius 2 is 1.86 bits per heavy atom. The Hall–Kier alpha value is -3.33. The van der Waals surface area contributed by atoms with Gasteiger partial charge in [-0.05, 0) is 23.8 Å². The molecule has 0 aliphatic carbocycles. The minimum Gasteiger partial charge on any atom is -0.465 e. The average Bonchev–Trinajstić information content (AvgIpc) is 3.03. The number of anilines is 1. The van der Waals surface area contributed by atoms with Crippen LogP contribution >= 0.6 is 0 Å². The molecule has 0 fully saturated rings. The third-order valence-electron chi connectivity index (χ3n) is 4.23. The number of hydrogen-bond donors (Lipinski definition) is 2. The molecule has 8 nitrogen and oxygen atoms in total. The van der Waals surface area contributed by atoms with E-state index >= 15 is 0 Å². The molecule has 0 unspecified atom stereocenters. The Balaban J connectivity index is 1.71. The van der Waals surface area contributed by atoms with Crippen LogP contribution in [0.1, 0.15) is 15.9 Å². The molecule has 1 aromatic heterocycles. The summed E-state index contributed by atoms with van der Waals surface area (Å²) in [6, 6.07) is 14.1. The number of carbonyl (C=O) groups excluding carboxylic acids is 2. The Labute approximate surface area is 168 Å². The maximum Gasteiger partial charge on any atom is 0.340 e. The largest absolute Gasteiger partial charge is 0.465 e. The van der Waals surface area contributed by atoms with E-state index in [1.54, 1.807) is 41.1 Å². The van der Waals surface area contributed by atoms with Crippen LogP contribution in [0.2, 0.25) is 0 Å². The highest BCUT2D eigenvalue weighted by Crippen LogP contribution is 2.22. The van der Waals surface area contributed by atoms with Gasteiger partial charge in [0.05, 0.1) is 18.9 Å². The summed E-state index contributed by atoms with van der Waals surface area (Å²) in [5.74, 6) is -0.709. The second kappa shape index (κ2) is 8.36. The van der Waals surface area contributed by atoms with Gasteiger partial charge in [0, 0.05) is 29.3 Å². The van der Waals surface area contributed by atoms with Crippen LogP contribution in [0.25, 0.3) is 10.9 Å². The van der Waals surface area contributed by atoms with Crippen LogP contribution in [0.3, 0.4) is 0 Å². The van der Waals surface area contributed by atoms with E-state index in [4.69, 9.17) is 4.74 Å². The topological polar surface area (TPSA) is 106 Å². The molecule has 0 saturated heterocycles. The summed E-state index contributed by atoms with van der Waals surface area (Å²) in [5.41, 5.74) is 2.33. The fourth-order valence-corrected chi connectivity index (χ4v) is 3.58. The van der Waals surface area contributed by atoms with Crippen molar-refractivity contribution in [2.24, 2.45) is 0 Å². The van der Waals surface area contributed by atoms with Gasteiger partial charge in [-0.2, -0.15) is 0 Å². The number of nitrogens with one attached hydrogen (secondary N) is 2. The molecule has 29 heavy (non-hydrogen) atoms. The van der Waals surface area contributed by atoms with Crippen molar-refractivity contribution in [3.8, 4) is 0 Å². The second-order valence-electron chi connectivity index (χ2n) is 6.53. The fourth-order valence-electron chi connectivity index (χ4n) is 3.02.